The average Bonchev–Trinajstić information content (AvgIpc) is 2.74. The maximum atomic E-state index is 6.36. The first kappa shape index (κ1) is 14.9. The van der Waals surface area contributed by atoms with Crippen LogP contribution in [0.3, 0.4) is 0 Å². The summed E-state index contributed by atoms with van der Waals surface area (Å²) in [6, 6.07) is 0. The minimum absolute atomic E-state index is 0.236. The molecule has 3 nitrogen and oxygen atoms in total. The largest absolute Gasteiger partial charge is 0.246 e. The minimum atomic E-state index is -0.236. The van der Waals surface area contributed by atoms with E-state index >= 15 is 0 Å². The maximum absolute atomic E-state index is 6.36. The second-order valence-corrected chi connectivity index (χ2v) is 6.24. The Morgan fingerprint density at radius 2 is 2.14 bits per heavy atom. The number of likely N-dealkylation sites (N-methyl/N-ethyl adjacent to an activating group) is 1. The highest BCUT2D eigenvalue weighted by Gasteiger charge is 2.27. The van der Waals surface area contributed by atoms with Gasteiger partial charge in [-0.05, 0) is 23.8 Å². The van der Waals surface area contributed by atoms with Crippen LogP contribution in [0.15, 0.2) is 63.0 Å². The molecule has 3 aliphatic rings. The zero-order valence-corrected chi connectivity index (χ0v) is 13.7. The van der Waals surface area contributed by atoms with Crippen LogP contribution in [0.2, 0.25) is 0 Å². The molecule has 2 aliphatic heterocycles. The summed E-state index contributed by atoms with van der Waals surface area (Å²) in [5.41, 5.74) is 1.79. The Morgan fingerprint density at radius 1 is 1.33 bits per heavy atom. The first-order chi connectivity index (χ1) is 10.1. The summed E-state index contributed by atoms with van der Waals surface area (Å²) in [7, 11) is 1.97. The lowest BCUT2D eigenvalue weighted by atomic mass is 10.0. The lowest BCUT2D eigenvalue weighted by Gasteiger charge is -2.29. The van der Waals surface area contributed by atoms with Gasteiger partial charge < -0.3 is 0 Å². The third kappa shape index (κ3) is 2.97. The zero-order chi connectivity index (χ0) is 15.0. The van der Waals surface area contributed by atoms with Gasteiger partial charge in [-0.25, -0.2) is 15.0 Å². The highest BCUT2D eigenvalue weighted by Crippen LogP contribution is 2.32. The molecule has 0 N–H and O–H groups in total. The van der Waals surface area contributed by atoms with Gasteiger partial charge in [0.15, 0.2) is 0 Å². The molecule has 3 rings (SSSR count). The number of aliphatic imine (C=N–C) groups is 1. The Kier molecular flexibility index (Phi) is 4.27. The lowest BCUT2D eigenvalue weighted by Crippen LogP contribution is -2.33. The molecule has 2 heterocycles. The Balaban J connectivity index is 1.88. The first-order valence-electron chi connectivity index (χ1n) is 6.60. The number of hydrogen-bond donors (Lipinski definition) is 0. The van der Waals surface area contributed by atoms with Crippen molar-refractivity contribution < 1.29 is 0 Å². The molecule has 0 aromatic rings. The summed E-state index contributed by atoms with van der Waals surface area (Å²) in [6.07, 6.45) is 12.0. The number of allylic oxidation sites excluding steroid dienone is 7. The molecular formula is C15H14Cl3N3. The molecule has 0 radical (unpaired) electrons. The summed E-state index contributed by atoms with van der Waals surface area (Å²) in [5, 5.41) is 4.94. The van der Waals surface area contributed by atoms with Gasteiger partial charge >= 0.3 is 0 Å². The summed E-state index contributed by atoms with van der Waals surface area (Å²) >= 11 is 19.0. The van der Waals surface area contributed by atoms with Crippen molar-refractivity contribution in [2.45, 2.75) is 11.8 Å². The molecule has 0 amide bonds. The van der Waals surface area contributed by atoms with E-state index in [1.165, 1.54) is 0 Å². The molecule has 0 saturated carbocycles. The van der Waals surface area contributed by atoms with Crippen molar-refractivity contribution >= 4 is 40.5 Å². The van der Waals surface area contributed by atoms with Crippen LogP contribution in [-0.2, 0) is 0 Å². The van der Waals surface area contributed by atoms with Crippen LogP contribution in [0.1, 0.15) is 6.42 Å². The van der Waals surface area contributed by atoms with Gasteiger partial charge in [0.1, 0.15) is 11.0 Å². The summed E-state index contributed by atoms with van der Waals surface area (Å²) in [6.45, 7) is 0.795. The van der Waals surface area contributed by atoms with E-state index in [1.54, 1.807) is 0 Å². The van der Waals surface area contributed by atoms with Crippen LogP contribution in [0, 0.1) is 0 Å². The Morgan fingerprint density at radius 3 is 2.95 bits per heavy atom. The average molecular weight is 343 g/mol. The van der Waals surface area contributed by atoms with Crippen molar-refractivity contribution in [1.29, 1.82) is 0 Å². The van der Waals surface area contributed by atoms with E-state index < -0.39 is 0 Å². The van der Waals surface area contributed by atoms with E-state index in [-0.39, 0.29) is 5.38 Å². The number of nitrogens with zero attached hydrogens (tertiary/aromatic N) is 3. The molecule has 110 valence electrons. The Labute approximate surface area is 139 Å². The quantitative estimate of drug-likeness (QED) is 0.555. The van der Waals surface area contributed by atoms with E-state index in [0.717, 1.165) is 23.7 Å². The molecule has 1 aliphatic carbocycles. The van der Waals surface area contributed by atoms with Crippen molar-refractivity contribution in [3.05, 3.63) is 58.0 Å². The monoisotopic (exact) mass is 341 g/mol. The van der Waals surface area contributed by atoms with E-state index in [2.05, 4.69) is 4.99 Å². The van der Waals surface area contributed by atoms with E-state index in [4.69, 9.17) is 34.8 Å². The van der Waals surface area contributed by atoms with Crippen LogP contribution >= 0.6 is 34.8 Å². The second kappa shape index (κ2) is 6.01. The highest BCUT2D eigenvalue weighted by molar-refractivity contribution is 6.34. The zero-order valence-electron chi connectivity index (χ0n) is 11.4. The molecule has 0 spiro atoms. The van der Waals surface area contributed by atoms with Crippen LogP contribution < -0.4 is 0 Å². The van der Waals surface area contributed by atoms with Crippen LogP contribution in [-0.4, -0.2) is 34.7 Å². The van der Waals surface area contributed by atoms with Gasteiger partial charge in [0.25, 0.3) is 0 Å². The summed E-state index contributed by atoms with van der Waals surface area (Å²) in [5.74, 6) is 0.850. The molecule has 0 fully saturated rings. The van der Waals surface area contributed by atoms with E-state index in [0.29, 0.717) is 16.6 Å². The minimum Gasteiger partial charge on any atom is -0.246 e. The fourth-order valence-electron chi connectivity index (χ4n) is 2.42. The molecule has 0 aromatic heterocycles. The third-order valence-electron chi connectivity index (χ3n) is 3.49. The second-order valence-electron chi connectivity index (χ2n) is 4.98. The first-order valence-corrected chi connectivity index (χ1v) is 7.79. The van der Waals surface area contributed by atoms with Crippen LogP contribution in [0.25, 0.3) is 0 Å². The number of rotatable bonds is 2. The number of halogens is 3. The molecule has 0 aromatic carbocycles. The normalized spacial score (nSPS) is 25.6. The van der Waals surface area contributed by atoms with Crippen molar-refractivity contribution in [3.8, 4) is 0 Å². The van der Waals surface area contributed by atoms with Crippen molar-refractivity contribution in [2.24, 2.45) is 4.99 Å². The molecule has 0 saturated heterocycles. The number of hydrazine groups is 1. The number of alkyl halides is 1. The van der Waals surface area contributed by atoms with Crippen molar-refractivity contribution in [1.82, 2.24) is 10.0 Å². The summed E-state index contributed by atoms with van der Waals surface area (Å²) in [4.78, 5) is 4.64. The van der Waals surface area contributed by atoms with Gasteiger partial charge in [-0.15, -0.1) is 11.6 Å². The molecular weight excluding hydrogens is 329 g/mol. The van der Waals surface area contributed by atoms with E-state index in [1.807, 2.05) is 53.5 Å². The predicted octanol–water partition coefficient (Wildman–Crippen LogP) is 4.14. The molecule has 1 atom stereocenters. The smallest absolute Gasteiger partial charge is 0.146 e. The Bertz CT molecular complexity index is 641. The SMILES string of the molecule is CN1CC=C2N=C(CC3=C(Cl)C=CC=CC3Cl)C=C(Cl)N21. The van der Waals surface area contributed by atoms with Crippen LogP contribution in [0.4, 0.5) is 0 Å². The standard InChI is InChI=1S/C15H14Cl3N3/c1-20-7-6-15-19-10(9-14(18)21(15)20)8-11-12(16)4-2-3-5-13(11)17/h2-6,9,12H,7-8H2,1H3. The lowest BCUT2D eigenvalue weighted by molar-refractivity contribution is 0.120. The van der Waals surface area contributed by atoms with Gasteiger partial charge in [-0.3, -0.25) is 0 Å². The topological polar surface area (TPSA) is 18.8 Å². The molecule has 1 unspecified atom stereocenters. The van der Waals surface area contributed by atoms with Crippen molar-refractivity contribution in [3.63, 3.8) is 0 Å². The van der Waals surface area contributed by atoms with Gasteiger partial charge in [-0.1, -0.05) is 41.4 Å². The van der Waals surface area contributed by atoms with Gasteiger partial charge in [0.2, 0.25) is 0 Å². The highest BCUT2D eigenvalue weighted by atomic mass is 35.5. The van der Waals surface area contributed by atoms with Crippen molar-refractivity contribution in [2.75, 3.05) is 13.6 Å². The number of hydrogen-bond acceptors (Lipinski definition) is 3. The predicted molar refractivity (Wildman–Crippen MR) is 89.3 cm³/mol. The fourth-order valence-corrected chi connectivity index (χ4v) is 3.36. The van der Waals surface area contributed by atoms with Crippen LogP contribution in [0.5, 0.6) is 0 Å². The van der Waals surface area contributed by atoms with Gasteiger partial charge in [-0.2, -0.15) is 0 Å². The molecule has 21 heavy (non-hydrogen) atoms. The fraction of sp³-hybridized carbons (Fsp3) is 0.267. The van der Waals surface area contributed by atoms with Gasteiger partial charge in [0.05, 0.1) is 11.1 Å². The summed E-state index contributed by atoms with van der Waals surface area (Å²) < 4.78 is 0. The van der Waals surface area contributed by atoms with Gasteiger partial charge in [0, 0.05) is 25.0 Å². The molecule has 0 bridgehead atoms. The number of fused-ring (bicyclic) bond motifs is 1. The Hall–Kier alpha value is -1.00. The third-order valence-corrected chi connectivity index (χ3v) is 4.53. The van der Waals surface area contributed by atoms with E-state index in [9.17, 15) is 0 Å². The maximum Gasteiger partial charge on any atom is 0.146 e. The molecule has 6 heteroatoms.